The van der Waals surface area contributed by atoms with Crippen LogP contribution in [-0.2, 0) is 5.67 Å². The van der Waals surface area contributed by atoms with Gasteiger partial charge in [0.1, 0.15) is 11.6 Å². The quantitative estimate of drug-likeness (QED) is 0.527. The number of fused-ring (bicyclic) bond motifs is 1. The summed E-state index contributed by atoms with van der Waals surface area (Å²) in [5, 5.41) is 11.1. The number of alkyl halides is 1. The van der Waals surface area contributed by atoms with Gasteiger partial charge in [0.25, 0.3) is 0 Å². The maximum atomic E-state index is 15.6. The first-order chi connectivity index (χ1) is 17.4. The van der Waals surface area contributed by atoms with E-state index in [1.165, 1.54) is 5.56 Å². The van der Waals surface area contributed by atoms with Gasteiger partial charge < -0.3 is 19.6 Å². The Balaban J connectivity index is 1.37. The normalized spacial score (nSPS) is 22.2. The molecular weight excluding hydrogens is 455 g/mol. The molecule has 3 aliphatic rings. The number of rotatable bonds is 5. The van der Waals surface area contributed by atoms with Crippen LogP contribution in [0.2, 0.25) is 0 Å². The zero-order valence-electron chi connectivity index (χ0n) is 21.2. The number of aryl methyl sites for hydroxylation is 1. The van der Waals surface area contributed by atoms with Gasteiger partial charge in [-0.05, 0) is 80.7 Å². The SMILES string of the molecule is COc1ccccc1C1CCN(c2nc(C3(F)CCC3)nc3c(C)cc(N4CC[C@@H](O)C4)cc23)CC1. The van der Waals surface area contributed by atoms with E-state index in [4.69, 9.17) is 14.7 Å². The molecule has 190 valence electrons. The monoisotopic (exact) mass is 490 g/mol. The van der Waals surface area contributed by atoms with E-state index in [-0.39, 0.29) is 6.10 Å². The Kier molecular flexibility index (Phi) is 5.98. The molecule has 3 heterocycles. The van der Waals surface area contributed by atoms with E-state index in [2.05, 4.69) is 41.0 Å². The molecule has 0 radical (unpaired) electrons. The summed E-state index contributed by atoms with van der Waals surface area (Å²) >= 11 is 0. The van der Waals surface area contributed by atoms with Crippen LogP contribution >= 0.6 is 0 Å². The van der Waals surface area contributed by atoms with Crippen molar-refractivity contribution in [2.75, 3.05) is 43.1 Å². The summed E-state index contributed by atoms with van der Waals surface area (Å²) in [5.41, 5.74) is 2.80. The van der Waals surface area contributed by atoms with Crippen molar-refractivity contribution in [1.82, 2.24) is 9.97 Å². The minimum atomic E-state index is -1.41. The number of anilines is 2. The largest absolute Gasteiger partial charge is 0.496 e. The molecule has 3 aromatic rings. The van der Waals surface area contributed by atoms with E-state index < -0.39 is 5.67 Å². The molecule has 0 unspecified atom stereocenters. The van der Waals surface area contributed by atoms with Gasteiger partial charge >= 0.3 is 0 Å². The van der Waals surface area contributed by atoms with Crippen LogP contribution in [0.4, 0.5) is 15.9 Å². The molecule has 1 aromatic heterocycles. The average Bonchev–Trinajstić information content (AvgIpc) is 3.33. The number of halogens is 1. The minimum absolute atomic E-state index is 0.293. The molecule has 1 saturated carbocycles. The van der Waals surface area contributed by atoms with Crippen LogP contribution in [0.3, 0.4) is 0 Å². The van der Waals surface area contributed by atoms with Gasteiger partial charge in [-0.15, -0.1) is 0 Å². The summed E-state index contributed by atoms with van der Waals surface area (Å²) in [7, 11) is 1.73. The Hall–Kier alpha value is -2.93. The first kappa shape index (κ1) is 23.5. The highest BCUT2D eigenvalue weighted by atomic mass is 19.1. The minimum Gasteiger partial charge on any atom is -0.496 e. The predicted octanol–water partition coefficient (Wildman–Crippen LogP) is 5.25. The van der Waals surface area contributed by atoms with Crippen molar-refractivity contribution >= 4 is 22.4 Å². The van der Waals surface area contributed by atoms with Gasteiger partial charge in [0, 0.05) is 37.3 Å². The zero-order valence-corrected chi connectivity index (χ0v) is 21.2. The molecule has 2 saturated heterocycles. The zero-order chi connectivity index (χ0) is 24.9. The number of hydrogen-bond acceptors (Lipinski definition) is 6. The highest BCUT2D eigenvalue weighted by Crippen LogP contribution is 2.45. The van der Waals surface area contributed by atoms with E-state index in [9.17, 15) is 5.11 Å². The van der Waals surface area contributed by atoms with E-state index in [0.717, 1.165) is 79.0 Å². The summed E-state index contributed by atoms with van der Waals surface area (Å²) in [6, 6.07) is 12.6. The average molecular weight is 491 g/mol. The van der Waals surface area contributed by atoms with E-state index in [1.54, 1.807) is 7.11 Å². The van der Waals surface area contributed by atoms with Crippen LogP contribution in [0.25, 0.3) is 10.9 Å². The highest BCUT2D eigenvalue weighted by Gasteiger charge is 2.43. The fourth-order valence-electron chi connectivity index (χ4n) is 6.09. The molecule has 36 heavy (non-hydrogen) atoms. The van der Waals surface area contributed by atoms with Crippen LogP contribution in [-0.4, -0.2) is 54.5 Å². The van der Waals surface area contributed by atoms with Crippen molar-refractivity contribution in [1.29, 1.82) is 0 Å². The number of hydrogen-bond donors (Lipinski definition) is 1. The van der Waals surface area contributed by atoms with Gasteiger partial charge in [-0.2, -0.15) is 0 Å². The number of nitrogens with zero attached hydrogens (tertiary/aromatic N) is 4. The van der Waals surface area contributed by atoms with E-state index in [0.29, 0.717) is 31.1 Å². The van der Waals surface area contributed by atoms with E-state index in [1.807, 2.05) is 12.1 Å². The molecule has 2 aromatic carbocycles. The molecule has 1 aliphatic carbocycles. The highest BCUT2D eigenvalue weighted by molar-refractivity contribution is 5.94. The third-order valence-electron chi connectivity index (χ3n) is 8.40. The summed E-state index contributed by atoms with van der Waals surface area (Å²) in [6.45, 7) is 5.21. The van der Waals surface area contributed by atoms with Gasteiger partial charge in [-0.3, -0.25) is 0 Å². The summed E-state index contributed by atoms with van der Waals surface area (Å²) in [6.07, 6.45) is 4.33. The second kappa shape index (κ2) is 9.18. The molecule has 1 atom stereocenters. The van der Waals surface area contributed by atoms with Gasteiger partial charge in [0.05, 0.1) is 18.7 Å². The van der Waals surface area contributed by atoms with Crippen molar-refractivity contribution in [2.45, 2.75) is 63.1 Å². The van der Waals surface area contributed by atoms with Gasteiger partial charge in [-0.1, -0.05) is 18.2 Å². The van der Waals surface area contributed by atoms with Crippen LogP contribution < -0.4 is 14.5 Å². The van der Waals surface area contributed by atoms with Crippen LogP contribution in [0.15, 0.2) is 36.4 Å². The Bertz CT molecular complexity index is 1270. The van der Waals surface area contributed by atoms with Gasteiger partial charge in [-0.25, -0.2) is 14.4 Å². The van der Waals surface area contributed by atoms with Gasteiger partial charge in [0.2, 0.25) is 0 Å². The number of benzene rings is 2. The molecule has 6 nitrogen and oxygen atoms in total. The lowest BCUT2D eigenvalue weighted by Gasteiger charge is -2.36. The second-order valence-corrected chi connectivity index (χ2v) is 10.7. The lowest BCUT2D eigenvalue weighted by Crippen LogP contribution is -2.36. The van der Waals surface area contributed by atoms with Crippen molar-refractivity contribution in [2.24, 2.45) is 0 Å². The molecule has 1 N–H and O–H groups in total. The smallest absolute Gasteiger partial charge is 0.170 e. The first-order valence-electron chi connectivity index (χ1n) is 13.3. The fraction of sp³-hybridized carbons (Fsp3) is 0.517. The molecule has 0 amide bonds. The van der Waals surface area contributed by atoms with Crippen LogP contribution in [0.5, 0.6) is 5.75 Å². The fourth-order valence-corrected chi connectivity index (χ4v) is 6.09. The van der Waals surface area contributed by atoms with E-state index >= 15 is 4.39 Å². The lowest BCUT2D eigenvalue weighted by molar-refractivity contribution is 0.0512. The Morgan fingerprint density at radius 3 is 2.44 bits per heavy atom. The molecule has 2 aliphatic heterocycles. The summed E-state index contributed by atoms with van der Waals surface area (Å²) in [5.74, 6) is 2.56. The van der Waals surface area contributed by atoms with Crippen molar-refractivity contribution in [3.05, 3.63) is 53.3 Å². The van der Waals surface area contributed by atoms with Crippen molar-refractivity contribution in [3.63, 3.8) is 0 Å². The molecule has 6 rings (SSSR count). The topological polar surface area (TPSA) is 61.7 Å². The van der Waals surface area contributed by atoms with Crippen molar-refractivity contribution in [3.8, 4) is 5.75 Å². The Morgan fingerprint density at radius 1 is 1.03 bits per heavy atom. The number of aromatic nitrogens is 2. The number of β-amino-alcohol motifs (C(OH)–C–C–N with tert-alkyl or cyclic N) is 1. The Labute approximate surface area is 212 Å². The molecule has 0 bridgehead atoms. The van der Waals surface area contributed by atoms with Gasteiger partial charge in [0.15, 0.2) is 11.5 Å². The van der Waals surface area contributed by atoms with Crippen molar-refractivity contribution < 1.29 is 14.2 Å². The Morgan fingerprint density at radius 2 is 1.78 bits per heavy atom. The third-order valence-corrected chi connectivity index (χ3v) is 8.40. The molecule has 3 fully saturated rings. The maximum absolute atomic E-state index is 15.6. The molecule has 0 spiro atoms. The number of ether oxygens (including phenoxy) is 1. The van der Waals surface area contributed by atoms with Crippen LogP contribution in [0, 0.1) is 6.92 Å². The molecule has 7 heteroatoms. The second-order valence-electron chi connectivity index (χ2n) is 10.7. The maximum Gasteiger partial charge on any atom is 0.170 e. The first-order valence-corrected chi connectivity index (χ1v) is 13.3. The summed E-state index contributed by atoms with van der Waals surface area (Å²) in [4.78, 5) is 14.3. The van der Waals surface area contributed by atoms with Crippen LogP contribution in [0.1, 0.15) is 61.4 Å². The standard InChI is InChI=1S/C29H35FN4O2/c1-19-16-21(34-15-10-22(35)18-34)17-24-26(19)31-28(29(30)11-5-12-29)32-27(24)33-13-8-20(9-14-33)23-6-3-4-7-25(23)36-2/h3-4,6-7,16-17,20,22,35H,5,8-15,18H2,1-2H3/t22-/m1/s1. The third kappa shape index (κ3) is 4.07. The number of aliphatic hydroxyl groups is 1. The number of methoxy groups -OCH3 is 1. The molecular formula is C29H35FN4O2. The number of para-hydroxylation sites is 1. The number of piperidine rings is 1. The lowest BCUT2D eigenvalue weighted by atomic mass is 9.81. The predicted molar refractivity (Wildman–Crippen MR) is 141 cm³/mol. The number of aliphatic hydroxyl groups excluding tert-OH is 1. The summed E-state index contributed by atoms with van der Waals surface area (Å²) < 4.78 is 21.2.